The molecule has 0 aromatic carbocycles. The Bertz CT molecular complexity index is 1100. The number of ether oxygens (including phenoxy) is 1. The average Bonchev–Trinajstić information content (AvgIpc) is 3.40. The number of aromatic nitrogens is 4. The maximum atomic E-state index is 13.4. The molecule has 4 heterocycles. The third kappa shape index (κ3) is 5.15. The first-order chi connectivity index (χ1) is 16.0. The van der Waals surface area contributed by atoms with Crippen molar-refractivity contribution < 1.29 is 9.53 Å². The van der Waals surface area contributed by atoms with E-state index in [2.05, 4.69) is 41.8 Å². The summed E-state index contributed by atoms with van der Waals surface area (Å²) in [5.41, 5.74) is 3.16. The van der Waals surface area contributed by atoms with E-state index in [0.717, 1.165) is 44.0 Å². The van der Waals surface area contributed by atoms with Gasteiger partial charge >= 0.3 is 0 Å². The van der Waals surface area contributed by atoms with Crippen LogP contribution >= 0.6 is 11.3 Å². The first-order valence-corrected chi connectivity index (χ1v) is 12.3. The maximum absolute atomic E-state index is 13.4. The lowest BCUT2D eigenvalue weighted by Crippen LogP contribution is -2.49. The third-order valence-electron chi connectivity index (χ3n) is 6.02. The Morgan fingerprint density at radius 1 is 1.21 bits per heavy atom. The van der Waals surface area contributed by atoms with Crippen molar-refractivity contribution in [1.82, 2.24) is 29.5 Å². The second-order valence-electron chi connectivity index (χ2n) is 8.41. The van der Waals surface area contributed by atoms with Gasteiger partial charge in [0.25, 0.3) is 11.9 Å². The number of nitrogens with zero attached hydrogens (tertiary/aromatic N) is 6. The van der Waals surface area contributed by atoms with Crippen molar-refractivity contribution >= 4 is 17.2 Å². The molecule has 1 aliphatic heterocycles. The minimum Gasteiger partial charge on any atom is -0.378 e. The molecule has 0 saturated carbocycles. The van der Waals surface area contributed by atoms with Gasteiger partial charge in [-0.15, -0.1) is 11.3 Å². The Morgan fingerprint density at radius 2 is 2.00 bits per heavy atom. The predicted octanol–water partition coefficient (Wildman–Crippen LogP) is 3.71. The molecule has 4 rings (SSSR count). The number of hydrogen-bond donors (Lipinski definition) is 0. The van der Waals surface area contributed by atoms with Gasteiger partial charge in [0, 0.05) is 54.8 Å². The smallest absolute Gasteiger partial charge is 0.257 e. The molecule has 0 spiro atoms. The zero-order chi connectivity index (χ0) is 23.4. The molecule has 8 nitrogen and oxygen atoms in total. The van der Waals surface area contributed by atoms with E-state index < -0.39 is 0 Å². The molecular formula is C24H32N6O2S. The Kier molecular flexibility index (Phi) is 7.52. The molecule has 0 aliphatic carbocycles. The van der Waals surface area contributed by atoms with Crippen LogP contribution in [0.2, 0.25) is 0 Å². The van der Waals surface area contributed by atoms with Crippen LogP contribution < -0.4 is 0 Å². The third-order valence-corrected chi connectivity index (χ3v) is 6.98. The van der Waals surface area contributed by atoms with Gasteiger partial charge < -0.3 is 9.64 Å². The lowest BCUT2D eigenvalue weighted by molar-refractivity contribution is 0.0631. The number of carbonyl (C=O) groups excluding carboxylic acids is 1. The summed E-state index contributed by atoms with van der Waals surface area (Å²) in [6, 6.07) is 4.04. The lowest BCUT2D eigenvalue weighted by atomic mass is 10.2. The van der Waals surface area contributed by atoms with Crippen molar-refractivity contribution in [3.05, 3.63) is 45.5 Å². The van der Waals surface area contributed by atoms with Crippen LogP contribution in [-0.2, 0) is 11.3 Å². The molecule has 176 valence electrons. The highest BCUT2D eigenvalue weighted by molar-refractivity contribution is 7.12. The largest absolute Gasteiger partial charge is 0.378 e. The Hall–Kier alpha value is -2.62. The summed E-state index contributed by atoms with van der Waals surface area (Å²) in [5.74, 6) is 0.426. The van der Waals surface area contributed by atoms with Gasteiger partial charge in [0.05, 0.1) is 29.8 Å². The minimum atomic E-state index is -0.0103. The number of methoxy groups -OCH3 is 1. The van der Waals surface area contributed by atoms with Crippen LogP contribution in [-0.4, -0.2) is 75.3 Å². The van der Waals surface area contributed by atoms with E-state index in [1.807, 2.05) is 11.0 Å². The fourth-order valence-corrected chi connectivity index (χ4v) is 5.15. The molecule has 3 aromatic rings. The van der Waals surface area contributed by atoms with Crippen molar-refractivity contribution in [2.24, 2.45) is 0 Å². The minimum absolute atomic E-state index is 0.0103. The van der Waals surface area contributed by atoms with Gasteiger partial charge in [0.1, 0.15) is 0 Å². The van der Waals surface area contributed by atoms with Gasteiger partial charge in [-0.1, -0.05) is 13.3 Å². The van der Waals surface area contributed by atoms with Crippen molar-refractivity contribution in [3.8, 4) is 17.2 Å². The standard InChI is InChI=1S/C24H32N6O2S/c1-5-6-9-28-10-12-29(13-11-28)23(31)20-15-26-30(22(20)16-32-4)24-25-8-7-21(27-24)19-14-17(2)33-18(19)3/h7-8,14-15H,5-6,9-13,16H2,1-4H3. The molecule has 0 unspecified atom stereocenters. The number of hydrogen-bond acceptors (Lipinski definition) is 7. The highest BCUT2D eigenvalue weighted by atomic mass is 32.1. The van der Waals surface area contributed by atoms with Gasteiger partial charge in [-0.25, -0.2) is 9.97 Å². The number of piperazine rings is 1. The van der Waals surface area contributed by atoms with Gasteiger partial charge in [-0.2, -0.15) is 9.78 Å². The quantitative estimate of drug-likeness (QED) is 0.502. The van der Waals surface area contributed by atoms with Crippen molar-refractivity contribution in [3.63, 3.8) is 0 Å². The van der Waals surface area contributed by atoms with E-state index in [1.54, 1.807) is 35.5 Å². The first kappa shape index (κ1) is 23.5. The number of aryl methyl sites for hydroxylation is 2. The van der Waals surface area contributed by atoms with Crippen molar-refractivity contribution in [1.29, 1.82) is 0 Å². The van der Waals surface area contributed by atoms with Gasteiger partial charge in [-0.05, 0) is 38.9 Å². The first-order valence-electron chi connectivity index (χ1n) is 11.5. The van der Waals surface area contributed by atoms with Crippen LogP contribution in [0, 0.1) is 13.8 Å². The molecule has 0 bridgehead atoms. The monoisotopic (exact) mass is 468 g/mol. The van der Waals surface area contributed by atoms with Crippen LogP contribution in [0.3, 0.4) is 0 Å². The highest BCUT2D eigenvalue weighted by Gasteiger charge is 2.27. The fourth-order valence-electron chi connectivity index (χ4n) is 4.21. The second kappa shape index (κ2) is 10.5. The Labute approximate surface area is 199 Å². The maximum Gasteiger partial charge on any atom is 0.257 e. The van der Waals surface area contributed by atoms with Crippen molar-refractivity contribution in [2.45, 2.75) is 40.2 Å². The van der Waals surface area contributed by atoms with Crippen LogP contribution in [0.25, 0.3) is 17.2 Å². The predicted molar refractivity (Wildman–Crippen MR) is 130 cm³/mol. The average molecular weight is 469 g/mol. The summed E-state index contributed by atoms with van der Waals surface area (Å²) in [4.78, 5) is 29.4. The summed E-state index contributed by atoms with van der Waals surface area (Å²) in [7, 11) is 1.62. The highest BCUT2D eigenvalue weighted by Crippen LogP contribution is 2.29. The molecule has 0 N–H and O–H groups in total. The van der Waals surface area contributed by atoms with E-state index >= 15 is 0 Å². The SMILES string of the molecule is CCCCN1CCN(C(=O)c2cnn(-c3nccc(-c4cc(C)sc4C)n3)c2COC)CC1. The number of unbranched alkanes of at least 4 members (excludes halogenated alkanes) is 1. The normalized spacial score (nSPS) is 14.7. The van der Waals surface area contributed by atoms with Gasteiger partial charge in [0.2, 0.25) is 0 Å². The molecule has 1 saturated heterocycles. The Balaban J connectivity index is 1.58. The molecule has 1 fully saturated rings. The summed E-state index contributed by atoms with van der Waals surface area (Å²) in [5, 5.41) is 4.50. The van der Waals surface area contributed by atoms with E-state index in [9.17, 15) is 4.79 Å². The molecule has 0 atom stereocenters. The van der Waals surface area contributed by atoms with Crippen LogP contribution in [0.1, 0.15) is 45.6 Å². The Morgan fingerprint density at radius 3 is 2.67 bits per heavy atom. The molecule has 3 aromatic heterocycles. The summed E-state index contributed by atoms with van der Waals surface area (Å²) >= 11 is 1.75. The zero-order valence-electron chi connectivity index (χ0n) is 19.9. The number of thiophene rings is 1. The molecular weight excluding hydrogens is 436 g/mol. The number of carbonyl (C=O) groups is 1. The summed E-state index contributed by atoms with van der Waals surface area (Å²) in [6.07, 6.45) is 5.74. The number of rotatable bonds is 8. The van der Waals surface area contributed by atoms with Gasteiger partial charge in [0.15, 0.2) is 0 Å². The van der Waals surface area contributed by atoms with E-state index in [1.165, 1.54) is 22.6 Å². The zero-order valence-corrected chi connectivity index (χ0v) is 20.7. The van der Waals surface area contributed by atoms with E-state index in [-0.39, 0.29) is 12.5 Å². The summed E-state index contributed by atoms with van der Waals surface area (Å²) < 4.78 is 7.06. The molecule has 1 amide bonds. The number of amides is 1. The van der Waals surface area contributed by atoms with Gasteiger partial charge in [-0.3, -0.25) is 9.69 Å². The van der Waals surface area contributed by atoms with E-state index in [0.29, 0.717) is 17.2 Å². The van der Waals surface area contributed by atoms with Crippen molar-refractivity contribution in [2.75, 3.05) is 39.8 Å². The second-order valence-corrected chi connectivity index (χ2v) is 9.87. The fraction of sp³-hybridized carbons (Fsp3) is 0.500. The van der Waals surface area contributed by atoms with E-state index in [4.69, 9.17) is 9.72 Å². The molecule has 0 radical (unpaired) electrons. The molecule has 1 aliphatic rings. The lowest BCUT2D eigenvalue weighted by Gasteiger charge is -2.34. The topological polar surface area (TPSA) is 76.4 Å². The van der Waals surface area contributed by atoms with Crippen LogP contribution in [0.5, 0.6) is 0 Å². The molecule has 9 heteroatoms. The molecule has 33 heavy (non-hydrogen) atoms. The summed E-state index contributed by atoms with van der Waals surface area (Å²) in [6.45, 7) is 11.0. The van der Waals surface area contributed by atoms with Crippen LogP contribution in [0.4, 0.5) is 0 Å². The van der Waals surface area contributed by atoms with Crippen LogP contribution in [0.15, 0.2) is 24.5 Å².